The Morgan fingerprint density at radius 1 is 0.794 bits per heavy atom. The zero-order valence-electron chi connectivity index (χ0n) is 18.4. The van der Waals surface area contributed by atoms with E-state index in [1.807, 2.05) is 19.9 Å². The molecule has 1 amide bonds. The van der Waals surface area contributed by atoms with E-state index in [-0.39, 0.29) is 16.8 Å². The van der Waals surface area contributed by atoms with Crippen LogP contribution >= 0.6 is 0 Å². The van der Waals surface area contributed by atoms with Gasteiger partial charge in [-0.05, 0) is 74.5 Å². The molecule has 0 aliphatic rings. The number of aromatic nitrogens is 4. The normalized spacial score (nSPS) is 11.0. The number of amides is 1. The van der Waals surface area contributed by atoms with E-state index in [1.165, 1.54) is 36.7 Å². The fourth-order valence-electron chi connectivity index (χ4n) is 3.07. The molecule has 4 aromatic rings. The summed E-state index contributed by atoms with van der Waals surface area (Å²) >= 11 is 0. The highest BCUT2D eigenvalue weighted by atomic mass is 32.2. The highest BCUT2D eigenvalue weighted by Gasteiger charge is 2.16. The standard InChI is InChI=1S/C23H21N7O3S/c1-15-14-16(2)27-23(26-15)29-19-6-4-17(5-7-19)21(31)28-18-8-10-20(11-9-18)34(32,33)30-22-24-12-3-13-25-22/h3-14H,1-2H3,(H,28,31)(H,24,25,30)(H,26,27,29). The van der Waals surface area contributed by atoms with Gasteiger partial charge in [0.25, 0.3) is 15.9 Å². The first kappa shape index (κ1) is 22.8. The van der Waals surface area contributed by atoms with Gasteiger partial charge in [-0.15, -0.1) is 0 Å². The van der Waals surface area contributed by atoms with Crippen LogP contribution in [-0.4, -0.2) is 34.3 Å². The number of rotatable bonds is 7. The van der Waals surface area contributed by atoms with E-state index in [1.54, 1.807) is 30.3 Å². The molecule has 4 rings (SSSR count). The Morgan fingerprint density at radius 2 is 1.38 bits per heavy atom. The number of benzene rings is 2. The SMILES string of the molecule is Cc1cc(C)nc(Nc2ccc(C(=O)Nc3ccc(S(=O)(=O)Nc4ncccn4)cc3)cc2)n1. The number of sulfonamides is 1. The van der Waals surface area contributed by atoms with Crippen molar-refractivity contribution in [2.24, 2.45) is 0 Å². The maximum absolute atomic E-state index is 12.6. The molecule has 11 heteroatoms. The lowest BCUT2D eigenvalue weighted by Gasteiger charge is -2.09. The number of anilines is 4. The van der Waals surface area contributed by atoms with Gasteiger partial charge in [0.2, 0.25) is 11.9 Å². The Morgan fingerprint density at radius 3 is 2.00 bits per heavy atom. The Hall–Kier alpha value is -4.38. The van der Waals surface area contributed by atoms with Crippen LogP contribution in [0.5, 0.6) is 0 Å². The van der Waals surface area contributed by atoms with Crippen molar-refractivity contribution in [3.8, 4) is 0 Å². The second-order valence-electron chi connectivity index (χ2n) is 7.33. The van der Waals surface area contributed by atoms with Gasteiger partial charge >= 0.3 is 0 Å². The topological polar surface area (TPSA) is 139 Å². The van der Waals surface area contributed by atoms with Crippen molar-refractivity contribution in [1.82, 2.24) is 19.9 Å². The lowest BCUT2D eigenvalue weighted by molar-refractivity contribution is 0.102. The summed E-state index contributed by atoms with van der Waals surface area (Å²) in [5.41, 5.74) is 3.34. The van der Waals surface area contributed by atoms with Crippen molar-refractivity contribution in [3.05, 3.63) is 90.0 Å². The van der Waals surface area contributed by atoms with Crippen LogP contribution in [0.15, 0.2) is 78.0 Å². The predicted octanol–water partition coefficient (Wildman–Crippen LogP) is 3.68. The molecular weight excluding hydrogens is 454 g/mol. The third kappa shape index (κ3) is 5.70. The summed E-state index contributed by atoms with van der Waals surface area (Å²) < 4.78 is 27.2. The molecule has 0 saturated carbocycles. The minimum absolute atomic E-state index is 0.0157. The van der Waals surface area contributed by atoms with Crippen LogP contribution in [0.25, 0.3) is 0 Å². The van der Waals surface area contributed by atoms with E-state index in [9.17, 15) is 13.2 Å². The summed E-state index contributed by atoms with van der Waals surface area (Å²) in [5.74, 6) is 0.126. The fraction of sp³-hybridized carbons (Fsp3) is 0.0870. The number of carbonyl (C=O) groups excluding carboxylic acids is 1. The molecular formula is C23H21N7O3S. The first-order valence-electron chi connectivity index (χ1n) is 10.2. The number of nitrogens with zero attached hydrogens (tertiary/aromatic N) is 4. The van der Waals surface area contributed by atoms with Crippen LogP contribution in [0.4, 0.5) is 23.3 Å². The zero-order valence-corrected chi connectivity index (χ0v) is 19.2. The third-order valence-electron chi connectivity index (χ3n) is 4.60. The Kier molecular flexibility index (Phi) is 6.46. The van der Waals surface area contributed by atoms with Crippen LogP contribution in [0.2, 0.25) is 0 Å². The van der Waals surface area contributed by atoms with Crippen molar-refractivity contribution in [2.45, 2.75) is 18.7 Å². The second kappa shape index (κ2) is 9.63. The summed E-state index contributed by atoms with van der Waals surface area (Å²) in [7, 11) is -3.85. The predicted molar refractivity (Wildman–Crippen MR) is 128 cm³/mol. The molecule has 0 saturated heterocycles. The molecule has 0 aliphatic heterocycles. The zero-order chi connectivity index (χ0) is 24.1. The van der Waals surface area contributed by atoms with Gasteiger partial charge in [-0.2, -0.15) is 0 Å². The summed E-state index contributed by atoms with van der Waals surface area (Å²) in [4.78, 5) is 29.0. The van der Waals surface area contributed by atoms with Crippen LogP contribution in [0, 0.1) is 13.8 Å². The third-order valence-corrected chi connectivity index (χ3v) is 5.94. The summed E-state index contributed by atoms with van der Waals surface area (Å²) in [5, 5.41) is 5.86. The fourth-order valence-corrected chi connectivity index (χ4v) is 4.03. The molecule has 3 N–H and O–H groups in total. The van der Waals surface area contributed by atoms with Crippen LogP contribution in [-0.2, 0) is 10.0 Å². The lowest BCUT2D eigenvalue weighted by Crippen LogP contribution is -2.15. The molecule has 0 radical (unpaired) electrons. The van der Waals surface area contributed by atoms with Crippen LogP contribution in [0.3, 0.4) is 0 Å². The minimum atomic E-state index is -3.85. The molecule has 0 spiro atoms. The molecule has 10 nitrogen and oxygen atoms in total. The molecule has 0 aliphatic carbocycles. The van der Waals surface area contributed by atoms with E-state index in [0.29, 0.717) is 17.2 Å². The summed E-state index contributed by atoms with van der Waals surface area (Å²) in [6, 6.07) is 16.1. The van der Waals surface area contributed by atoms with E-state index in [0.717, 1.165) is 17.1 Å². The van der Waals surface area contributed by atoms with Crippen molar-refractivity contribution < 1.29 is 13.2 Å². The highest BCUT2D eigenvalue weighted by molar-refractivity contribution is 7.92. The summed E-state index contributed by atoms with van der Waals surface area (Å²) in [6.45, 7) is 3.78. The highest BCUT2D eigenvalue weighted by Crippen LogP contribution is 2.19. The van der Waals surface area contributed by atoms with Gasteiger partial charge in [0.05, 0.1) is 4.90 Å². The van der Waals surface area contributed by atoms with E-state index < -0.39 is 10.0 Å². The van der Waals surface area contributed by atoms with Crippen LogP contribution in [0.1, 0.15) is 21.7 Å². The lowest BCUT2D eigenvalue weighted by atomic mass is 10.2. The Bertz CT molecular complexity index is 1390. The number of carbonyl (C=O) groups is 1. The number of aryl methyl sites for hydroxylation is 2. The average molecular weight is 476 g/mol. The van der Waals surface area contributed by atoms with Gasteiger partial charge < -0.3 is 10.6 Å². The number of hydrogen-bond donors (Lipinski definition) is 3. The molecule has 2 aromatic carbocycles. The first-order chi connectivity index (χ1) is 16.3. The molecule has 0 unspecified atom stereocenters. The maximum atomic E-state index is 12.6. The number of hydrogen-bond acceptors (Lipinski definition) is 8. The van der Waals surface area contributed by atoms with Crippen molar-refractivity contribution in [3.63, 3.8) is 0 Å². The molecule has 172 valence electrons. The Labute approximate surface area is 196 Å². The van der Waals surface area contributed by atoms with Gasteiger partial charge in [0.1, 0.15) is 0 Å². The molecule has 0 atom stereocenters. The molecule has 2 heterocycles. The van der Waals surface area contributed by atoms with Gasteiger partial charge in [-0.3, -0.25) is 4.79 Å². The van der Waals surface area contributed by atoms with E-state index >= 15 is 0 Å². The van der Waals surface area contributed by atoms with Gasteiger partial charge in [-0.1, -0.05) is 0 Å². The Balaban J connectivity index is 1.39. The maximum Gasteiger partial charge on any atom is 0.264 e. The quantitative estimate of drug-likeness (QED) is 0.368. The average Bonchev–Trinajstić information content (AvgIpc) is 2.79. The second-order valence-corrected chi connectivity index (χ2v) is 9.02. The summed E-state index contributed by atoms with van der Waals surface area (Å²) in [6.07, 6.45) is 2.87. The van der Waals surface area contributed by atoms with Crippen molar-refractivity contribution >= 4 is 39.2 Å². The smallest absolute Gasteiger partial charge is 0.264 e. The van der Waals surface area contributed by atoms with Gasteiger partial charge in [0, 0.05) is 40.7 Å². The van der Waals surface area contributed by atoms with Gasteiger partial charge in [-0.25, -0.2) is 33.1 Å². The number of nitrogens with one attached hydrogen (secondary N) is 3. The molecule has 0 bridgehead atoms. The molecule has 34 heavy (non-hydrogen) atoms. The first-order valence-corrected chi connectivity index (χ1v) is 11.7. The minimum Gasteiger partial charge on any atom is -0.324 e. The molecule has 0 fully saturated rings. The van der Waals surface area contributed by atoms with Crippen LogP contribution < -0.4 is 15.4 Å². The van der Waals surface area contributed by atoms with E-state index in [4.69, 9.17) is 0 Å². The van der Waals surface area contributed by atoms with Crippen molar-refractivity contribution in [2.75, 3.05) is 15.4 Å². The van der Waals surface area contributed by atoms with Gasteiger partial charge in [0.15, 0.2) is 0 Å². The largest absolute Gasteiger partial charge is 0.324 e. The monoisotopic (exact) mass is 475 g/mol. The van der Waals surface area contributed by atoms with Crippen molar-refractivity contribution in [1.29, 1.82) is 0 Å². The van der Waals surface area contributed by atoms with E-state index in [2.05, 4.69) is 35.3 Å². The molecule has 2 aromatic heterocycles.